The van der Waals surface area contributed by atoms with Gasteiger partial charge in [0.2, 0.25) is 5.89 Å². The summed E-state index contributed by atoms with van der Waals surface area (Å²) in [7, 11) is 0. The van der Waals surface area contributed by atoms with Gasteiger partial charge in [0.1, 0.15) is 5.52 Å². The van der Waals surface area contributed by atoms with E-state index in [1.54, 1.807) is 0 Å². The number of nitrogen functional groups attached to an aromatic ring is 1. The van der Waals surface area contributed by atoms with Crippen LogP contribution in [-0.2, 0) is 12.8 Å². The third-order valence-electron chi connectivity index (χ3n) is 6.95. The molecule has 4 aromatic rings. The summed E-state index contributed by atoms with van der Waals surface area (Å²) in [5.41, 5.74) is 13.3. The molecule has 0 bridgehead atoms. The summed E-state index contributed by atoms with van der Waals surface area (Å²) in [5, 5.41) is 3.98. The van der Waals surface area contributed by atoms with E-state index in [2.05, 4.69) is 30.2 Å². The molecule has 1 aliphatic carbocycles. The second-order valence-electron chi connectivity index (χ2n) is 9.74. The van der Waals surface area contributed by atoms with E-state index < -0.39 is 0 Å². The number of nitrogens with one attached hydrogen (secondary N) is 1. The second kappa shape index (κ2) is 9.74. The van der Waals surface area contributed by atoms with Crippen LogP contribution in [0.3, 0.4) is 0 Å². The van der Waals surface area contributed by atoms with Crippen LogP contribution in [0.25, 0.3) is 22.6 Å². The van der Waals surface area contributed by atoms with E-state index in [4.69, 9.17) is 21.8 Å². The molecule has 0 fully saturated rings. The highest BCUT2D eigenvalue weighted by Gasteiger charge is 2.19. The highest BCUT2D eigenvalue weighted by molar-refractivity contribution is 6.31. The smallest absolute Gasteiger partial charge is 0.251 e. The molecule has 0 aliphatic heterocycles. The molecule has 0 saturated heterocycles. The summed E-state index contributed by atoms with van der Waals surface area (Å²) in [6.07, 6.45) is 4.03. The van der Waals surface area contributed by atoms with Crippen molar-refractivity contribution in [1.29, 1.82) is 0 Å². The summed E-state index contributed by atoms with van der Waals surface area (Å²) >= 11 is 6.39. The summed E-state index contributed by atoms with van der Waals surface area (Å²) in [6, 6.07) is 17.3. The van der Waals surface area contributed by atoms with Gasteiger partial charge in [-0.1, -0.05) is 37.6 Å². The Labute approximate surface area is 210 Å². The minimum absolute atomic E-state index is 0.0659. The van der Waals surface area contributed by atoms with Gasteiger partial charge in [-0.05, 0) is 91.1 Å². The molecule has 1 heterocycles. The quantitative estimate of drug-likeness (QED) is 0.240. The molecule has 0 saturated carbocycles. The molecule has 5 rings (SSSR count). The fourth-order valence-corrected chi connectivity index (χ4v) is 5.20. The number of nitrogens with zero attached hydrogens (tertiary/aromatic N) is 1. The molecule has 0 spiro atoms. The van der Waals surface area contributed by atoms with Gasteiger partial charge >= 0.3 is 0 Å². The van der Waals surface area contributed by atoms with Crippen LogP contribution in [0.4, 0.5) is 5.69 Å². The van der Waals surface area contributed by atoms with E-state index in [1.807, 2.05) is 48.5 Å². The number of rotatable bonds is 5. The van der Waals surface area contributed by atoms with Crippen molar-refractivity contribution in [2.75, 3.05) is 12.3 Å². The molecular formula is C29H30ClN3O2. The Balaban J connectivity index is 1.24. The number of fused-ring (bicyclic) bond motifs is 2. The normalized spacial score (nSPS) is 15.7. The zero-order chi connectivity index (χ0) is 24.5. The topological polar surface area (TPSA) is 81.1 Å². The van der Waals surface area contributed by atoms with Gasteiger partial charge in [-0.2, -0.15) is 0 Å². The van der Waals surface area contributed by atoms with Gasteiger partial charge in [0.25, 0.3) is 5.91 Å². The number of oxazole rings is 1. The minimum atomic E-state index is -0.0659. The van der Waals surface area contributed by atoms with Gasteiger partial charge in [0.05, 0.1) is 0 Å². The summed E-state index contributed by atoms with van der Waals surface area (Å²) in [6.45, 7) is 4.87. The van der Waals surface area contributed by atoms with Crippen LogP contribution in [0, 0.1) is 5.92 Å². The van der Waals surface area contributed by atoms with Gasteiger partial charge in [-0.25, -0.2) is 4.98 Å². The fraction of sp³-hybridized carbons (Fsp3) is 0.310. The molecule has 1 atom stereocenters. The summed E-state index contributed by atoms with van der Waals surface area (Å²) < 4.78 is 6.10. The van der Waals surface area contributed by atoms with Gasteiger partial charge in [0, 0.05) is 33.9 Å². The first-order chi connectivity index (χ1) is 16.9. The maximum absolute atomic E-state index is 12.8. The summed E-state index contributed by atoms with van der Waals surface area (Å²) in [4.78, 5) is 17.4. The minimum Gasteiger partial charge on any atom is -0.436 e. The first-order valence-electron chi connectivity index (χ1n) is 12.2. The average Bonchev–Trinajstić information content (AvgIpc) is 3.15. The van der Waals surface area contributed by atoms with Gasteiger partial charge in [-0.3, -0.25) is 4.79 Å². The number of carbonyl (C=O) groups excluding carboxylic acids is 1. The molecule has 1 aliphatic rings. The van der Waals surface area contributed by atoms with Crippen LogP contribution >= 0.6 is 11.6 Å². The number of amides is 1. The van der Waals surface area contributed by atoms with Crippen molar-refractivity contribution in [3.05, 3.63) is 81.9 Å². The number of carbonyl (C=O) groups is 1. The van der Waals surface area contributed by atoms with Crippen molar-refractivity contribution >= 4 is 34.3 Å². The van der Waals surface area contributed by atoms with E-state index in [0.717, 1.165) is 52.9 Å². The van der Waals surface area contributed by atoms with Crippen LogP contribution in [0.2, 0.25) is 5.02 Å². The SMILES string of the molecule is CC(C)c1cc(N)cc2nc(-c3ccc(C(=O)NCC4CCc5cccc(Cl)c5CC4)cc3)oc12. The number of benzene rings is 3. The lowest BCUT2D eigenvalue weighted by Gasteiger charge is -2.15. The van der Waals surface area contributed by atoms with Crippen LogP contribution < -0.4 is 11.1 Å². The monoisotopic (exact) mass is 487 g/mol. The van der Waals surface area contributed by atoms with E-state index in [9.17, 15) is 4.79 Å². The maximum atomic E-state index is 12.8. The molecule has 1 unspecified atom stereocenters. The first-order valence-corrected chi connectivity index (χ1v) is 12.6. The molecule has 3 N–H and O–H groups in total. The molecule has 1 amide bonds. The Hall–Kier alpha value is -3.31. The van der Waals surface area contributed by atoms with Gasteiger partial charge in [-0.15, -0.1) is 0 Å². The van der Waals surface area contributed by atoms with E-state index in [0.29, 0.717) is 29.6 Å². The van der Waals surface area contributed by atoms with Gasteiger partial charge < -0.3 is 15.5 Å². The molecule has 6 heteroatoms. The molecule has 180 valence electrons. The third kappa shape index (κ3) is 4.92. The highest BCUT2D eigenvalue weighted by Crippen LogP contribution is 2.32. The number of anilines is 1. The predicted octanol–water partition coefficient (Wildman–Crippen LogP) is 6.78. The molecule has 1 aromatic heterocycles. The van der Waals surface area contributed by atoms with Crippen LogP contribution in [0.1, 0.15) is 59.7 Å². The Kier molecular flexibility index (Phi) is 6.52. The largest absolute Gasteiger partial charge is 0.436 e. The first kappa shape index (κ1) is 23.4. The molecule has 0 radical (unpaired) electrons. The van der Waals surface area contributed by atoms with E-state index in [-0.39, 0.29) is 11.8 Å². The van der Waals surface area contributed by atoms with Gasteiger partial charge in [0.15, 0.2) is 5.58 Å². The van der Waals surface area contributed by atoms with Crippen molar-refractivity contribution in [2.45, 2.75) is 45.4 Å². The number of hydrogen-bond donors (Lipinski definition) is 2. The Morgan fingerprint density at radius 3 is 2.69 bits per heavy atom. The standard InChI is InChI=1S/C29H30ClN3O2/c1-17(2)24-14-22(31)15-26-27(24)35-29(33-26)21-11-9-20(10-12-21)28(34)32-16-18-6-8-19-4-3-5-25(30)23(19)13-7-18/h3-5,9-12,14-15,17-18H,6-8,13,16,31H2,1-2H3,(H,32,34). The fourth-order valence-electron chi connectivity index (χ4n) is 4.91. The van der Waals surface area contributed by atoms with E-state index in [1.165, 1.54) is 11.1 Å². The molecule has 3 aromatic carbocycles. The number of aryl methyl sites for hydroxylation is 1. The average molecular weight is 488 g/mol. The molecule has 5 nitrogen and oxygen atoms in total. The van der Waals surface area contributed by atoms with Crippen LogP contribution in [0.15, 0.2) is 59.0 Å². The Bertz CT molecular complexity index is 1370. The lowest BCUT2D eigenvalue weighted by Crippen LogP contribution is -2.29. The second-order valence-corrected chi connectivity index (χ2v) is 10.1. The van der Waals surface area contributed by atoms with Crippen molar-refractivity contribution in [3.8, 4) is 11.5 Å². The number of halogens is 1. The van der Waals surface area contributed by atoms with Crippen molar-refractivity contribution < 1.29 is 9.21 Å². The lowest BCUT2D eigenvalue weighted by atomic mass is 9.99. The van der Waals surface area contributed by atoms with Crippen molar-refractivity contribution in [3.63, 3.8) is 0 Å². The number of nitrogens with two attached hydrogens (primary N) is 1. The van der Waals surface area contributed by atoms with Crippen molar-refractivity contribution in [1.82, 2.24) is 10.3 Å². The van der Waals surface area contributed by atoms with E-state index >= 15 is 0 Å². The van der Waals surface area contributed by atoms with Crippen molar-refractivity contribution in [2.24, 2.45) is 5.92 Å². The summed E-state index contributed by atoms with van der Waals surface area (Å²) in [5.74, 6) is 1.16. The Morgan fingerprint density at radius 2 is 1.91 bits per heavy atom. The maximum Gasteiger partial charge on any atom is 0.251 e. The zero-order valence-corrected chi connectivity index (χ0v) is 20.9. The Morgan fingerprint density at radius 1 is 1.14 bits per heavy atom. The van der Waals surface area contributed by atoms with Crippen LogP contribution in [0.5, 0.6) is 0 Å². The predicted molar refractivity (Wildman–Crippen MR) is 142 cm³/mol. The third-order valence-corrected chi connectivity index (χ3v) is 7.30. The zero-order valence-electron chi connectivity index (χ0n) is 20.1. The van der Waals surface area contributed by atoms with Crippen LogP contribution in [-0.4, -0.2) is 17.4 Å². The lowest BCUT2D eigenvalue weighted by molar-refractivity contribution is 0.0946. The molecular weight excluding hydrogens is 458 g/mol. The number of aromatic nitrogens is 1. The number of hydrogen-bond acceptors (Lipinski definition) is 4. The highest BCUT2D eigenvalue weighted by atomic mass is 35.5. The molecule has 35 heavy (non-hydrogen) atoms.